The molecule has 0 aliphatic carbocycles. The van der Waals surface area contributed by atoms with E-state index >= 15 is 0 Å². The number of hydrogen-bond donors (Lipinski definition) is 1. The van der Waals surface area contributed by atoms with E-state index in [2.05, 4.69) is 0 Å². The highest BCUT2D eigenvalue weighted by Crippen LogP contribution is 2.18. The summed E-state index contributed by atoms with van der Waals surface area (Å²) in [5.41, 5.74) is 0.401. The molecule has 0 saturated carbocycles. The fourth-order valence-corrected chi connectivity index (χ4v) is 2.12. The summed E-state index contributed by atoms with van der Waals surface area (Å²) in [5.74, 6) is 0. The minimum absolute atomic E-state index is 0.210. The highest BCUT2D eigenvalue weighted by atomic mass is 32.2. The van der Waals surface area contributed by atoms with Crippen LogP contribution < -0.4 is 9.61 Å². The van der Waals surface area contributed by atoms with Gasteiger partial charge in [-0.1, -0.05) is 31.5 Å². The molecule has 1 rings (SSSR count). The first-order valence-corrected chi connectivity index (χ1v) is 7.00. The van der Waals surface area contributed by atoms with Crippen molar-refractivity contribution in [2.24, 2.45) is 5.14 Å². The fraction of sp³-hybridized carbons (Fsp3) is 0.455. The maximum atomic E-state index is 11.5. The first-order chi connectivity index (χ1) is 7.95. The number of para-hydroxylation sites is 1. The van der Waals surface area contributed by atoms with Crippen LogP contribution in [0.5, 0.6) is 0 Å². The van der Waals surface area contributed by atoms with Crippen LogP contribution in [0.1, 0.15) is 26.7 Å². The summed E-state index contributed by atoms with van der Waals surface area (Å²) in [4.78, 5) is 5.36. The summed E-state index contributed by atoms with van der Waals surface area (Å²) in [6, 6.07) is 8.50. The van der Waals surface area contributed by atoms with Crippen molar-refractivity contribution < 1.29 is 13.3 Å². The largest absolute Gasteiger partial charge is 0.321 e. The molecule has 2 N–H and O–H groups in total. The van der Waals surface area contributed by atoms with Crippen molar-refractivity contribution in [3.05, 3.63) is 30.3 Å². The molecule has 17 heavy (non-hydrogen) atoms. The molecule has 5 nitrogen and oxygen atoms in total. The third kappa shape index (κ3) is 4.33. The zero-order valence-corrected chi connectivity index (χ0v) is 10.9. The molecule has 0 aromatic heterocycles. The molecule has 0 bridgehead atoms. The topological polar surface area (TPSA) is 72.6 Å². The van der Waals surface area contributed by atoms with Gasteiger partial charge in [-0.2, -0.15) is 8.42 Å². The molecule has 6 heteroatoms. The van der Waals surface area contributed by atoms with E-state index in [1.54, 1.807) is 30.3 Å². The van der Waals surface area contributed by atoms with Crippen LogP contribution in [-0.4, -0.2) is 14.5 Å². The lowest BCUT2D eigenvalue weighted by atomic mass is 10.2. The van der Waals surface area contributed by atoms with Gasteiger partial charge >= 0.3 is 10.2 Å². The van der Waals surface area contributed by atoms with Crippen LogP contribution in [0.25, 0.3) is 0 Å². The van der Waals surface area contributed by atoms with E-state index < -0.39 is 10.2 Å². The van der Waals surface area contributed by atoms with Gasteiger partial charge in [-0.05, 0) is 25.5 Å². The Morgan fingerprint density at radius 1 is 1.35 bits per heavy atom. The van der Waals surface area contributed by atoms with Gasteiger partial charge in [-0.25, -0.2) is 5.14 Å². The summed E-state index contributed by atoms with van der Waals surface area (Å²) in [6.45, 7) is 3.81. The number of benzene rings is 1. The van der Waals surface area contributed by atoms with Crippen molar-refractivity contribution in [3.8, 4) is 0 Å². The normalized spacial score (nSPS) is 13.4. The van der Waals surface area contributed by atoms with E-state index in [-0.39, 0.29) is 6.10 Å². The average molecular weight is 258 g/mol. The van der Waals surface area contributed by atoms with Crippen molar-refractivity contribution in [1.29, 1.82) is 0 Å². The smallest absolute Gasteiger partial charge is 0.255 e. The molecule has 1 aromatic carbocycles. The molecule has 0 radical (unpaired) electrons. The van der Waals surface area contributed by atoms with Crippen molar-refractivity contribution in [2.75, 3.05) is 4.47 Å². The Morgan fingerprint density at radius 2 is 1.94 bits per heavy atom. The molecule has 0 heterocycles. The molecule has 1 aromatic rings. The third-order valence-electron chi connectivity index (χ3n) is 2.17. The standard InChI is InChI=1S/C11H18N2O3S/c1-3-7-10(2)16-13(17(12,14)15)11-8-5-4-6-9-11/h4-6,8-10H,3,7H2,1-2H3,(H2,12,14,15). The van der Waals surface area contributed by atoms with Crippen LogP contribution in [0.15, 0.2) is 30.3 Å². The van der Waals surface area contributed by atoms with Crippen LogP contribution in [0.3, 0.4) is 0 Å². The van der Waals surface area contributed by atoms with Gasteiger partial charge in [0.05, 0.1) is 11.8 Å². The zero-order valence-electron chi connectivity index (χ0n) is 10.0. The third-order valence-corrected chi connectivity index (χ3v) is 2.93. The van der Waals surface area contributed by atoms with Crippen molar-refractivity contribution in [2.45, 2.75) is 32.8 Å². The molecule has 0 spiro atoms. The Labute approximate surface area is 102 Å². The van der Waals surface area contributed by atoms with E-state index in [4.69, 9.17) is 9.98 Å². The molecule has 96 valence electrons. The zero-order chi connectivity index (χ0) is 12.9. The molecular formula is C11H18N2O3S. The molecule has 0 saturated heterocycles. The molecule has 0 fully saturated rings. The van der Waals surface area contributed by atoms with E-state index in [1.807, 2.05) is 13.8 Å². The lowest BCUT2D eigenvalue weighted by Crippen LogP contribution is -2.39. The Bertz CT molecular complexity index is 433. The van der Waals surface area contributed by atoms with Gasteiger partial charge in [0.1, 0.15) is 0 Å². The Balaban J connectivity index is 2.91. The van der Waals surface area contributed by atoms with Gasteiger partial charge in [0.2, 0.25) is 0 Å². The number of rotatable bonds is 6. The van der Waals surface area contributed by atoms with Gasteiger partial charge < -0.3 is 0 Å². The summed E-state index contributed by atoms with van der Waals surface area (Å²) >= 11 is 0. The highest BCUT2D eigenvalue weighted by molar-refractivity contribution is 7.90. The van der Waals surface area contributed by atoms with E-state index in [9.17, 15) is 8.42 Å². The van der Waals surface area contributed by atoms with Crippen LogP contribution in [0, 0.1) is 0 Å². The van der Waals surface area contributed by atoms with E-state index in [0.717, 1.165) is 17.3 Å². The van der Waals surface area contributed by atoms with Gasteiger partial charge in [-0.15, -0.1) is 4.47 Å². The van der Waals surface area contributed by atoms with Crippen LogP contribution in [-0.2, 0) is 15.0 Å². The number of hydrogen-bond acceptors (Lipinski definition) is 3. The van der Waals surface area contributed by atoms with Crippen molar-refractivity contribution in [3.63, 3.8) is 0 Å². The van der Waals surface area contributed by atoms with E-state index in [0.29, 0.717) is 5.69 Å². The maximum Gasteiger partial charge on any atom is 0.321 e. The van der Waals surface area contributed by atoms with Gasteiger partial charge in [-0.3, -0.25) is 4.84 Å². The monoisotopic (exact) mass is 258 g/mol. The summed E-state index contributed by atoms with van der Waals surface area (Å²) < 4.78 is 23.7. The number of nitrogens with two attached hydrogens (primary N) is 1. The number of anilines is 1. The molecule has 0 amide bonds. The second-order valence-corrected chi connectivity index (χ2v) is 5.17. The van der Waals surface area contributed by atoms with Crippen LogP contribution in [0.4, 0.5) is 5.69 Å². The van der Waals surface area contributed by atoms with Crippen molar-refractivity contribution in [1.82, 2.24) is 0 Å². The first kappa shape index (κ1) is 14.0. The molecule has 1 unspecified atom stereocenters. The minimum atomic E-state index is -3.92. The molecular weight excluding hydrogens is 240 g/mol. The second-order valence-electron chi connectivity index (χ2n) is 3.81. The minimum Gasteiger partial charge on any atom is -0.255 e. The molecule has 1 atom stereocenters. The highest BCUT2D eigenvalue weighted by Gasteiger charge is 2.21. The van der Waals surface area contributed by atoms with Crippen LogP contribution >= 0.6 is 0 Å². The van der Waals surface area contributed by atoms with Gasteiger partial charge in [0.25, 0.3) is 0 Å². The van der Waals surface area contributed by atoms with E-state index in [1.165, 1.54) is 0 Å². The lowest BCUT2D eigenvalue weighted by molar-refractivity contribution is 0.0711. The molecule has 0 aliphatic rings. The fourth-order valence-electron chi connectivity index (χ4n) is 1.44. The summed E-state index contributed by atoms with van der Waals surface area (Å²) in [5, 5.41) is 5.13. The van der Waals surface area contributed by atoms with Gasteiger partial charge in [0, 0.05) is 0 Å². The predicted octanol–water partition coefficient (Wildman–Crippen LogP) is 1.82. The first-order valence-electron chi connectivity index (χ1n) is 5.50. The number of nitrogens with zero attached hydrogens (tertiary/aromatic N) is 1. The summed E-state index contributed by atoms with van der Waals surface area (Å²) in [6.07, 6.45) is 1.46. The summed E-state index contributed by atoms with van der Waals surface area (Å²) in [7, 11) is -3.92. The average Bonchev–Trinajstić information content (AvgIpc) is 2.26. The SMILES string of the molecule is CCCC(C)ON(c1ccccc1)S(N)(=O)=O. The van der Waals surface area contributed by atoms with Gasteiger partial charge in [0.15, 0.2) is 0 Å². The Morgan fingerprint density at radius 3 is 2.41 bits per heavy atom. The Hall–Kier alpha value is -1.11. The lowest BCUT2D eigenvalue weighted by Gasteiger charge is -2.24. The maximum absolute atomic E-state index is 11.5. The predicted molar refractivity (Wildman–Crippen MR) is 67.5 cm³/mol. The second kappa shape index (κ2) is 6.00. The van der Waals surface area contributed by atoms with Crippen LogP contribution in [0.2, 0.25) is 0 Å². The Kier molecular flexibility index (Phi) is 4.92. The van der Waals surface area contributed by atoms with Crippen molar-refractivity contribution >= 4 is 15.9 Å². The molecule has 0 aliphatic heterocycles. The quantitative estimate of drug-likeness (QED) is 0.791.